The van der Waals surface area contributed by atoms with Gasteiger partial charge in [0.2, 0.25) is 0 Å². The zero-order chi connectivity index (χ0) is 27.1. The molecule has 1 nitrogen and oxygen atoms in total. The first-order valence-electron chi connectivity index (χ1n) is 12.6. The van der Waals surface area contributed by atoms with Crippen molar-refractivity contribution < 1.29 is 26.7 Å². The summed E-state index contributed by atoms with van der Waals surface area (Å²) < 4.78 is 71.5. The van der Waals surface area contributed by atoms with Gasteiger partial charge in [-0.1, -0.05) is 86.9 Å². The molecule has 0 amide bonds. The number of unbranched alkanes of at least 4 members (excludes halogenated alkanes) is 4. The fourth-order valence-electron chi connectivity index (χ4n) is 4.34. The van der Waals surface area contributed by atoms with Crippen LogP contribution in [0, 0.1) is 29.3 Å². The number of hydrogen-bond acceptors (Lipinski definition) is 1. The summed E-state index contributed by atoms with van der Waals surface area (Å²) in [6, 6.07) is 18.6. The zero-order valence-electron chi connectivity index (χ0n) is 21.0. The molecule has 0 aromatic heterocycles. The van der Waals surface area contributed by atoms with E-state index in [9.17, 15) is 17.6 Å². The van der Waals surface area contributed by atoms with Crippen molar-refractivity contribution in [3.63, 3.8) is 0 Å². The van der Waals surface area contributed by atoms with E-state index in [-0.39, 0.29) is 11.1 Å². The van der Waals surface area contributed by atoms with Crippen molar-refractivity contribution in [2.75, 3.05) is 0 Å². The first-order valence-corrected chi connectivity index (χ1v) is 12.6. The van der Waals surface area contributed by atoms with Gasteiger partial charge in [0.1, 0.15) is 5.82 Å². The van der Waals surface area contributed by atoms with Gasteiger partial charge in [-0.2, -0.15) is 8.78 Å². The molecule has 0 N–H and O–H groups in total. The van der Waals surface area contributed by atoms with Crippen LogP contribution in [0.4, 0.5) is 22.0 Å². The third-order valence-electron chi connectivity index (χ3n) is 6.36. The average molecular weight is 523 g/mol. The van der Waals surface area contributed by atoms with Gasteiger partial charge in [-0.25, -0.2) is 13.2 Å². The summed E-state index contributed by atoms with van der Waals surface area (Å²) >= 11 is 0. The Morgan fingerprint density at radius 3 is 2.11 bits per heavy atom. The Bertz CT molecular complexity index is 1440. The highest BCUT2D eigenvalue weighted by Gasteiger charge is 2.16. The Morgan fingerprint density at radius 1 is 0.737 bits per heavy atom. The third kappa shape index (κ3) is 6.72. The van der Waals surface area contributed by atoms with Gasteiger partial charge >= 0.3 is 6.61 Å². The van der Waals surface area contributed by atoms with Crippen LogP contribution in [-0.2, 0) is 6.42 Å². The van der Waals surface area contributed by atoms with Crippen molar-refractivity contribution in [3.8, 4) is 28.7 Å². The van der Waals surface area contributed by atoms with Crippen molar-refractivity contribution >= 4 is 10.8 Å². The van der Waals surface area contributed by atoms with E-state index in [1.165, 1.54) is 43.7 Å². The normalized spacial score (nSPS) is 11.0. The second-order valence-electron chi connectivity index (χ2n) is 9.12. The van der Waals surface area contributed by atoms with E-state index in [0.29, 0.717) is 10.8 Å². The molecule has 0 fully saturated rings. The molecular formula is C32H27F5O. The molecule has 0 heterocycles. The number of fused-ring (bicyclic) bond motifs is 1. The van der Waals surface area contributed by atoms with E-state index in [1.54, 1.807) is 12.1 Å². The van der Waals surface area contributed by atoms with Gasteiger partial charge in [-0.3, -0.25) is 0 Å². The molecule has 0 saturated carbocycles. The minimum Gasteiger partial charge on any atom is -0.429 e. The molecule has 4 aromatic carbocycles. The summed E-state index contributed by atoms with van der Waals surface area (Å²) in [5, 5.41) is 1.05. The fraction of sp³-hybridized carbons (Fsp3) is 0.250. The summed E-state index contributed by atoms with van der Waals surface area (Å²) in [5.41, 5.74) is 3.20. The first-order chi connectivity index (χ1) is 18.4. The van der Waals surface area contributed by atoms with Crippen LogP contribution in [0.2, 0.25) is 0 Å². The number of hydrogen-bond donors (Lipinski definition) is 0. The number of benzene rings is 4. The maximum atomic E-state index is 15.2. The van der Waals surface area contributed by atoms with Crippen molar-refractivity contribution in [1.29, 1.82) is 0 Å². The predicted molar refractivity (Wildman–Crippen MR) is 141 cm³/mol. The Balaban J connectivity index is 1.51. The summed E-state index contributed by atoms with van der Waals surface area (Å²) in [7, 11) is 0. The first kappa shape index (κ1) is 27.2. The van der Waals surface area contributed by atoms with Crippen molar-refractivity contribution in [2.45, 2.75) is 52.1 Å². The minimum atomic E-state index is -3.37. The number of aryl methyl sites for hydroxylation is 1. The molecule has 0 bridgehead atoms. The SMILES string of the molecule is CCCCCCCc1ccc(-c2ccc3c(F)c(C#Cc4cc(F)c(OC(F)F)c(F)c4)ccc3c2)cc1. The van der Waals surface area contributed by atoms with Crippen LogP contribution in [0.5, 0.6) is 5.75 Å². The Kier molecular flexibility index (Phi) is 9.02. The maximum Gasteiger partial charge on any atom is 0.387 e. The van der Waals surface area contributed by atoms with Crippen LogP contribution in [0.3, 0.4) is 0 Å². The summed E-state index contributed by atoms with van der Waals surface area (Å²) in [4.78, 5) is 0. The quantitative estimate of drug-likeness (QED) is 0.121. The topological polar surface area (TPSA) is 9.23 Å². The lowest BCUT2D eigenvalue weighted by Crippen LogP contribution is -2.06. The van der Waals surface area contributed by atoms with Gasteiger partial charge in [-0.05, 0) is 59.2 Å². The lowest BCUT2D eigenvalue weighted by Gasteiger charge is -2.08. The van der Waals surface area contributed by atoms with Gasteiger partial charge in [-0.15, -0.1) is 0 Å². The van der Waals surface area contributed by atoms with E-state index in [4.69, 9.17) is 0 Å². The molecule has 196 valence electrons. The number of halogens is 5. The molecule has 0 saturated heterocycles. The zero-order valence-corrected chi connectivity index (χ0v) is 21.0. The molecule has 0 unspecified atom stereocenters. The highest BCUT2D eigenvalue weighted by atomic mass is 19.3. The molecule has 0 radical (unpaired) electrons. The molecule has 0 atom stereocenters. The summed E-state index contributed by atoms with van der Waals surface area (Å²) in [5.74, 6) is 0.673. The average Bonchev–Trinajstić information content (AvgIpc) is 2.90. The highest BCUT2D eigenvalue weighted by Crippen LogP contribution is 2.28. The highest BCUT2D eigenvalue weighted by molar-refractivity contribution is 5.89. The van der Waals surface area contributed by atoms with Crippen LogP contribution in [-0.4, -0.2) is 6.61 Å². The lowest BCUT2D eigenvalue weighted by atomic mass is 9.97. The molecule has 6 heteroatoms. The number of alkyl halides is 2. The van der Waals surface area contributed by atoms with Crippen LogP contribution >= 0.6 is 0 Å². The van der Waals surface area contributed by atoms with Crippen molar-refractivity contribution in [3.05, 3.63) is 101 Å². The van der Waals surface area contributed by atoms with Gasteiger partial charge in [0.15, 0.2) is 17.4 Å². The van der Waals surface area contributed by atoms with Crippen molar-refractivity contribution in [1.82, 2.24) is 0 Å². The van der Waals surface area contributed by atoms with Crippen LogP contribution in [0.15, 0.2) is 66.7 Å². The monoisotopic (exact) mass is 522 g/mol. The number of rotatable bonds is 9. The standard InChI is InChI=1S/C32H27F5O/c1-2-3-4-5-6-7-21-8-11-23(12-9-21)25-16-17-27-26(20-25)15-14-24(30(27)35)13-10-22-18-28(33)31(29(34)19-22)38-32(36)37/h8-9,11-12,14-20,32H,2-7H2,1H3. The number of ether oxygens (including phenoxy) is 1. The van der Waals surface area contributed by atoms with E-state index in [0.717, 1.165) is 29.7 Å². The third-order valence-corrected chi connectivity index (χ3v) is 6.36. The Hall–Kier alpha value is -3.85. The van der Waals surface area contributed by atoms with Gasteiger partial charge in [0.05, 0.1) is 5.56 Å². The molecule has 0 aliphatic carbocycles. The van der Waals surface area contributed by atoms with Gasteiger partial charge in [0, 0.05) is 10.9 Å². The van der Waals surface area contributed by atoms with Gasteiger partial charge in [0.25, 0.3) is 0 Å². The second-order valence-corrected chi connectivity index (χ2v) is 9.12. The minimum absolute atomic E-state index is 0.0438. The molecule has 4 aromatic rings. The fourth-order valence-corrected chi connectivity index (χ4v) is 4.34. The van der Waals surface area contributed by atoms with Crippen LogP contribution < -0.4 is 4.74 Å². The molecule has 4 rings (SSSR count). The van der Waals surface area contributed by atoms with Crippen LogP contribution in [0.1, 0.15) is 55.7 Å². The van der Waals surface area contributed by atoms with E-state index < -0.39 is 29.8 Å². The molecule has 0 aliphatic rings. The Morgan fingerprint density at radius 2 is 1.42 bits per heavy atom. The largest absolute Gasteiger partial charge is 0.429 e. The van der Waals surface area contributed by atoms with E-state index in [1.807, 2.05) is 12.1 Å². The molecule has 0 spiro atoms. The molecule has 38 heavy (non-hydrogen) atoms. The van der Waals surface area contributed by atoms with Gasteiger partial charge < -0.3 is 4.74 Å². The smallest absolute Gasteiger partial charge is 0.387 e. The van der Waals surface area contributed by atoms with Crippen LogP contribution in [0.25, 0.3) is 21.9 Å². The molecular weight excluding hydrogens is 495 g/mol. The Labute approximate surface area is 219 Å². The van der Waals surface area contributed by atoms with E-state index >= 15 is 4.39 Å². The van der Waals surface area contributed by atoms with E-state index in [2.05, 4.69) is 47.8 Å². The van der Waals surface area contributed by atoms with Crippen molar-refractivity contribution in [2.24, 2.45) is 0 Å². The predicted octanol–water partition coefficient (Wildman–Crippen LogP) is 9.44. The summed E-state index contributed by atoms with van der Waals surface area (Å²) in [6.45, 7) is -1.16. The summed E-state index contributed by atoms with van der Waals surface area (Å²) in [6.07, 6.45) is 7.28. The second kappa shape index (κ2) is 12.6. The lowest BCUT2D eigenvalue weighted by molar-refractivity contribution is -0.0546. The maximum absolute atomic E-state index is 15.2. The molecule has 0 aliphatic heterocycles.